The molecule has 0 aromatic heterocycles. The predicted octanol–water partition coefficient (Wildman–Crippen LogP) is 5.37. The van der Waals surface area contributed by atoms with E-state index in [0.29, 0.717) is 10.0 Å². The number of benzene rings is 1. The van der Waals surface area contributed by atoms with E-state index in [9.17, 15) is 0 Å². The highest BCUT2D eigenvalue weighted by Gasteiger charge is 2.21. The highest BCUT2D eigenvalue weighted by atomic mass is 79.9. The Labute approximate surface area is 127 Å². The van der Waals surface area contributed by atoms with Gasteiger partial charge < -0.3 is 10.1 Å². The summed E-state index contributed by atoms with van der Waals surface area (Å²) in [6.45, 7) is 6.20. The second kappa shape index (κ2) is 6.47. The van der Waals surface area contributed by atoms with Crippen LogP contribution in [0, 0.1) is 0 Å². The molecule has 102 valence electrons. The number of hydrogen-bond acceptors (Lipinski definition) is 2. The smallest absolute Gasteiger partial charge is 0.0835 e. The van der Waals surface area contributed by atoms with Crippen molar-refractivity contribution in [3.05, 3.63) is 26.7 Å². The minimum absolute atomic E-state index is 0.169. The molecule has 0 aliphatic rings. The molecule has 0 fully saturated rings. The lowest BCUT2D eigenvalue weighted by Gasteiger charge is -2.28. The van der Waals surface area contributed by atoms with E-state index in [1.54, 1.807) is 7.11 Å². The lowest BCUT2D eigenvalue weighted by atomic mass is 10.00. The van der Waals surface area contributed by atoms with Crippen molar-refractivity contribution in [1.82, 2.24) is 0 Å². The van der Waals surface area contributed by atoms with Crippen LogP contribution in [0.5, 0.6) is 0 Å². The fraction of sp³-hybridized carbons (Fsp3) is 0.538. The molecule has 0 aliphatic carbocycles. The molecule has 1 aromatic rings. The Bertz CT molecular complexity index is 424. The minimum atomic E-state index is -0.169. The Kier molecular flexibility index (Phi) is 5.78. The Morgan fingerprint density at radius 3 is 2.50 bits per heavy atom. The van der Waals surface area contributed by atoms with Gasteiger partial charge in [-0.2, -0.15) is 0 Å². The number of hydrogen-bond donors (Lipinski definition) is 1. The first-order valence-corrected chi connectivity index (χ1v) is 7.27. The number of ether oxygens (including phenoxy) is 1. The molecule has 0 saturated carbocycles. The van der Waals surface area contributed by atoms with Crippen molar-refractivity contribution in [1.29, 1.82) is 0 Å². The van der Waals surface area contributed by atoms with Gasteiger partial charge >= 0.3 is 0 Å². The third-order valence-electron chi connectivity index (χ3n) is 2.79. The van der Waals surface area contributed by atoms with Crippen molar-refractivity contribution in [2.24, 2.45) is 0 Å². The van der Waals surface area contributed by atoms with Gasteiger partial charge in [-0.3, -0.25) is 0 Å². The van der Waals surface area contributed by atoms with E-state index in [-0.39, 0.29) is 11.6 Å². The largest absolute Gasteiger partial charge is 0.381 e. The summed E-state index contributed by atoms with van der Waals surface area (Å²) < 4.78 is 6.21. The first kappa shape index (κ1) is 16.1. The minimum Gasteiger partial charge on any atom is -0.381 e. The molecule has 1 rings (SSSR count). The topological polar surface area (TPSA) is 21.3 Å². The van der Waals surface area contributed by atoms with Gasteiger partial charge in [0.15, 0.2) is 0 Å². The molecule has 5 heteroatoms. The van der Waals surface area contributed by atoms with Crippen molar-refractivity contribution in [3.8, 4) is 0 Å². The number of anilines is 1. The predicted molar refractivity (Wildman–Crippen MR) is 83.0 cm³/mol. The summed E-state index contributed by atoms with van der Waals surface area (Å²) in [4.78, 5) is 0. The average molecular weight is 355 g/mol. The fourth-order valence-corrected chi connectivity index (χ4v) is 2.60. The molecule has 18 heavy (non-hydrogen) atoms. The second-order valence-corrected chi connectivity index (χ2v) is 6.55. The standard InChI is InChI=1S/C13H18BrCl2NO/c1-8(7-13(2,3)18-4)17-10-6-5-9(14)11(15)12(10)16/h5-6,8,17H,7H2,1-4H3. The molecule has 1 aromatic carbocycles. The van der Waals surface area contributed by atoms with Crippen LogP contribution in [0.4, 0.5) is 5.69 Å². The lowest BCUT2D eigenvalue weighted by Crippen LogP contribution is -2.31. The van der Waals surface area contributed by atoms with Crippen LogP contribution in [-0.2, 0) is 4.74 Å². The van der Waals surface area contributed by atoms with Crippen LogP contribution >= 0.6 is 39.1 Å². The van der Waals surface area contributed by atoms with Crippen molar-refractivity contribution in [2.75, 3.05) is 12.4 Å². The van der Waals surface area contributed by atoms with Gasteiger partial charge in [-0.25, -0.2) is 0 Å². The van der Waals surface area contributed by atoms with Crippen molar-refractivity contribution in [3.63, 3.8) is 0 Å². The van der Waals surface area contributed by atoms with Crippen LogP contribution in [-0.4, -0.2) is 18.8 Å². The SMILES string of the molecule is COC(C)(C)CC(C)Nc1ccc(Br)c(Cl)c1Cl. The number of methoxy groups -OCH3 is 1. The van der Waals surface area contributed by atoms with Crippen molar-refractivity contribution in [2.45, 2.75) is 38.8 Å². The summed E-state index contributed by atoms with van der Waals surface area (Å²) in [6, 6.07) is 4.02. The maximum absolute atomic E-state index is 6.19. The molecule has 1 unspecified atom stereocenters. The summed E-state index contributed by atoms with van der Waals surface area (Å²) in [6.07, 6.45) is 0.869. The van der Waals surface area contributed by atoms with Crippen LogP contribution in [0.3, 0.4) is 0 Å². The molecule has 1 atom stereocenters. The Hall–Kier alpha value is 0.0400. The third-order valence-corrected chi connectivity index (χ3v) is 4.56. The Morgan fingerprint density at radius 1 is 1.33 bits per heavy atom. The van der Waals surface area contributed by atoms with E-state index >= 15 is 0 Å². The normalized spacial score (nSPS) is 13.5. The average Bonchev–Trinajstić information content (AvgIpc) is 2.29. The molecule has 1 N–H and O–H groups in total. The zero-order chi connectivity index (χ0) is 13.9. The van der Waals surface area contributed by atoms with Gasteiger partial charge in [0.2, 0.25) is 0 Å². The van der Waals surface area contributed by atoms with Crippen molar-refractivity contribution >= 4 is 44.8 Å². The van der Waals surface area contributed by atoms with E-state index in [0.717, 1.165) is 16.6 Å². The van der Waals surface area contributed by atoms with Crippen LogP contribution in [0.2, 0.25) is 10.0 Å². The fourth-order valence-electron chi connectivity index (χ4n) is 1.77. The molecule has 0 spiro atoms. The molecule has 2 nitrogen and oxygen atoms in total. The molecule has 0 radical (unpaired) electrons. The summed E-state index contributed by atoms with van der Waals surface area (Å²) in [5.74, 6) is 0. The molecule has 0 aliphatic heterocycles. The van der Waals surface area contributed by atoms with Gasteiger partial charge in [0, 0.05) is 17.6 Å². The number of rotatable bonds is 5. The van der Waals surface area contributed by atoms with E-state index in [1.807, 2.05) is 12.1 Å². The molecule has 0 bridgehead atoms. The Morgan fingerprint density at radius 2 is 1.94 bits per heavy atom. The summed E-state index contributed by atoms with van der Waals surface area (Å²) in [5.41, 5.74) is 0.669. The van der Waals surface area contributed by atoms with Gasteiger partial charge in [0.25, 0.3) is 0 Å². The van der Waals surface area contributed by atoms with Gasteiger partial charge in [0.05, 0.1) is 21.3 Å². The van der Waals surface area contributed by atoms with E-state index in [1.165, 1.54) is 0 Å². The zero-order valence-corrected chi connectivity index (χ0v) is 14.1. The molecule has 0 amide bonds. The van der Waals surface area contributed by atoms with E-state index < -0.39 is 0 Å². The monoisotopic (exact) mass is 353 g/mol. The Balaban J connectivity index is 2.77. The number of halogens is 3. The quantitative estimate of drug-likeness (QED) is 0.717. The second-order valence-electron chi connectivity index (χ2n) is 4.94. The van der Waals surface area contributed by atoms with Crippen LogP contribution in [0.25, 0.3) is 0 Å². The maximum Gasteiger partial charge on any atom is 0.0835 e. The maximum atomic E-state index is 6.19. The third kappa shape index (κ3) is 4.30. The van der Waals surface area contributed by atoms with Gasteiger partial charge in [-0.15, -0.1) is 0 Å². The summed E-state index contributed by atoms with van der Waals surface area (Å²) in [7, 11) is 1.72. The zero-order valence-electron chi connectivity index (χ0n) is 11.0. The van der Waals surface area contributed by atoms with Gasteiger partial charge in [-0.1, -0.05) is 23.2 Å². The first-order valence-electron chi connectivity index (χ1n) is 5.72. The van der Waals surface area contributed by atoms with Crippen LogP contribution in [0.1, 0.15) is 27.2 Å². The molecular formula is C13H18BrCl2NO. The van der Waals surface area contributed by atoms with E-state index in [2.05, 4.69) is 42.0 Å². The highest BCUT2D eigenvalue weighted by molar-refractivity contribution is 9.10. The van der Waals surface area contributed by atoms with Gasteiger partial charge in [0.1, 0.15) is 0 Å². The molecule has 0 saturated heterocycles. The molecule has 0 heterocycles. The van der Waals surface area contributed by atoms with Crippen LogP contribution in [0.15, 0.2) is 16.6 Å². The first-order chi connectivity index (χ1) is 8.26. The highest BCUT2D eigenvalue weighted by Crippen LogP contribution is 2.36. The number of nitrogens with one attached hydrogen (secondary N) is 1. The lowest BCUT2D eigenvalue weighted by molar-refractivity contribution is 0.0128. The van der Waals surface area contributed by atoms with Gasteiger partial charge in [-0.05, 0) is 55.3 Å². The van der Waals surface area contributed by atoms with Crippen molar-refractivity contribution < 1.29 is 4.74 Å². The molecular weight excluding hydrogens is 337 g/mol. The van der Waals surface area contributed by atoms with Crippen LogP contribution < -0.4 is 5.32 Å². The summed E-state index contributed by atoms with van der Waals surface area (Å²) >= 11 is 15.6. The summed E-state index contributed by atoms with van der Waals surface area (Å²) in [5, 5.41) is 4.41. The van der Waals surface area contributed by atoms with E-state index in [4.69, 9.17) is 27.9 Å².